The van der Waals surface area contributed by atoms with Gasteiger partial charge in [0, 0.05) is 43.9 Å². The number of nitrogens with zero attached hydrogens (tertiary/aromatic N) is 2. The predicted molar refractivity (Wildman–Crippen MR) is 74.1 cm³/mol. The van der Waals surface area contributed by atoms with Gasteiger partial charge in [0.1, 0.15) is 0 Å². The second kappa shape index (κ2) is 6.93. The lowest BCUT2D eigenvalue weighted by Gasteiger charge is -2.27. The minimum Gasteiger partial charge on any atom is -0.336 e. The molecule has 6 nitrogen and oxygen atoms in total. The number of nitrogens with one attached hydrogen (secondary N) is 1. The van der Waals surface area contributed by atoms with Crippen molar-refractivity contribution < 1.29 is 22.9 Å². The zero-order valence-electron chi connectivity index (χ0n) is 11.2. The minimum atomic E-state index is -4.75. The molecule has 0 aromatic heterocycles. The maximum atomic E-state index is 12.8. The second-order valence-electron chi connectivity index (χ2n) is 4.57. The number of carbonyl (C=O) groups excluding carboxylic acids is 1. The molecule has 1 aliphatic rings. The molecule has 22 heavy (non-hydrogen) atoms. The summed E-state index contributed by atoms with van der Waals surface area (Å²) in [7, 11) is 0. The second-order valence-corrected chi connectivity index (χ2v) is 4.57. The molecule has 0 bridgehead atoms. The van der Waals surface area contributed by atoms with E-state index in [4.69, 9.17) is 0 Å². The summed E-state index contributed by atoms with van der Waals surface area (Å²) in [5, 5.41) is 13.7. The Morgan fingerprint density at radius 3 is 2.32 bits per heavy atom. The summed E-state index contributed by atoms with van der Waals surface area (Å²) < 4.78 is 38.3. The standard InChI is InChI=1S/C12H12F3N3O3.ClH/c13-12(14,15)9-5-8(6-10(7-9)18(20)21)11(19)17-3-1-16-2-4-17;/h5-7,16H,1-4H2;1H. The Balaban J connectivity index is 0.00000242. The lowest BCUT2D eigenvalue weighted by molar-refractivity contribution is -0.385. The average molecular weight is 340 g/mol. The molecule has 0 saturated carbocycles. The third-order valence-electron chi connectivity index (χ3n) is 3.11. The van der Waals surface area contributed by atoms with Gasteiger partial charge in [0.2, 0.25) is 0 Å². The third kappa shape index (κ3) is 4.08. The largest absolute Gasteiger partial charge is 0.416 e. The van der Waals surface area contributed by atoms with E-state index in [-0.39, 0.29) is 18.0 Å². The van der Waals surface area contributed by atoms with E-state index >= 15 is 0 Å². The zero-order valence-corrected chi connectivity index (χ0v) is 12.0. The molecule has 1 aromatic rings. The molecule has 10 heteroatoms. The summed E-state index contributed by atoms with van der Waals surface area (Å²) in [6, 6.07) is 1.95. The Hall–Kier alpha value is -1.87. The van der Waals surface area contributed by atoms with Gasteiger partial charge >= 0.3 is 6.18 Å². The number of rotatable bonds is 2. The molecular weight excluding hydrogens is 327 g/mol. The lowest BCUT2D eigenvalue weighted by Crippen LogP contribution is -2.46. The summed E-state index contributed by atoms with van der Waals surface area (Å²) in [5.41, 5.74) is -2.27. The van der Waals surface area contributed by atoms with Crippen LogP contribution in [0.15, 0.2) is 18.2 Å². The summed E-state index contributed by atoms with van der Waals surface area (Å²) in [5.74, 6) is -0.634. The smallest absolute Gasteiger partial charge is 0.336 e. The number of halogens is 4. The molecule has 0 atom stereocenters. The number of benzene rings is 1. The highest BCUT2D eigenvalue weighted by Crippen LogP contribution is 2.32. The zero-order chi connectivity index (χ0) is 15.6. The summed E-state index contributed by atoms with van der Waals surface area (Å²) in [6.45, 7) is 1.77. The number of hydrogen-bond acceptors (Lipinski definition) is 4. The number of carbonyl (C=O) groups is 1. The number of amides is 1. The van der Waals surface area contributed by atoms with Crippen molar-refractivity contribution in [2.45, 2.75) is 6.18 Å². The number of nitro benzene ring substituents is 1. The summed E-state index contributed by atoms with van der Waals surface area (Å²) >= 11 is 0. The normalized spacial score (nSPS) is 15.1. The predicted octanol–water partition coefficient (Wildman–Crippen LogP) is 2.08. The van der Waals surface area contributed by atoms with E-state index in [2.05, 4.69) is 5.32 Å². The lowest BCUT2D eigenvalue weighted by atomic mass is 10.1. The van der Waals surface area contributed by atoms with Crippen LogP contribution < -0.4 is 5.32 Å². The van der Waals surface area contributed by atoms with E-state index in [1.807, 2.05) is 0 Å². The Morgan fingerprint density at radius 2 is 1.82 bits per heavy atom. The molecule has 0 unspecified atom stereocenters. The molecule has 1 amide bonds. The molecule has 1 aliphatic heterocycles. The van der Waals surface area contributed by atoms with E-state index in [1.165, 1.54) is 4.90 Å². The highest BCUT2D eigenvalue weighted by atomic mass is 35.5. The summed E-state index contributed by atoms with van der Waals surface area (Å²) in [4.78, 5) is 23.3. The fourth-order valence-electron chi connectivity index (χ4n) is 2.05. The number of alkyl halides is 3. The van der Waals surface area contributed by atoms with Crippen LogP contribution in [0, 0.1) is 10.1 Å². The van der Waals surface area contributed by atoms with Crippen molar-refractivity contribution in [1.29, 1.82) is 0 Å². The number of piperazine rings is 1. The van der Waals surface area contributed by atoms with Crippen LogP contribution in [0.4, 0.5) is 18.9 Å². The molecule has 1 saturated heterocycles. The summed E-state index contributed by atoms with van der Waals surface area (Å²) in [6.07, 6.45) is -4.75. The fourth-order valence-corrected chi connectivity index (χ4v) is 2.05. The Bertz CT molecular complexity index is 574. The highest BCUT2D eigenvalue weighted by molar-refractivity contribution is 5.95. The Morgan fingerprint density at radius 1 is 1.23 bits per heavy atom. The monoisotopic (exact) mass is 339 g/mol. The molecular formula is C12H13ClF3N3O3. The van der Waals surface area contributed by atoms with Crippen LogP contribution in [0.3, 0.4) is 0 Å². The van der Waals surface area contributed by atoms with E-state index in [0.29, 0.717) is 38.3 Å². The van der Waals surface area contributed by atoms with Crippen LogP contribution in [0.2, 0.25) is 0 Å². The van der Waals surface area contributed by atoms with E-state index in [1.54, 1.807) is 0 Å². The van der Waals surface area contributed by atoms with Crippen molar-refractivity contribution in [3.05, 3.63) is 39.4 Å². The molecule has 2 rings (SSSR count). The molecule has 1 heterocycles. The quantitative estimate of drug-likeness (QED) is 0.661. The SMILES string of the molecule is Cl.O=C(c1cc([N+](=O)[O-])cc(C(F)(F)F)c1)N1CCNCC1. The fraction of sp³-hybridized carbons (Fsp3) is 0.417. The van der Waals surface area contributed by atoms with Crippen LogP contribution in [-0.4, -0.2) is 41.9 Å². The van der Waals surface area contributed by atoms with Crippen LogP contribution >= 0.6 is 12.4 Å². The molecule has 0 radical (unpaired) electrons. The van der Waals surface area contributed by atoms with Gasteiger partial charge in [-0.15, -0.1) is 12.4 Å². The van der Waals surface area contributed by atoms with Gasteiger partial charge in [0.25, 0.3) is 11.6 Å². The van der Waals surface area contributed by atoms with Crippen LogP contribution in [0.5, 0.6) is 0 Å². The molecule has 0 aliphatic carbocycles. The molecule has 1 N–H and O–H groups in total. The molecule has 1 aromatic carbocycles. The van der Waals surface area contributed by atoms with E-state index in [9.17, 15) is 28.1 Å². The maximum Gasteiger partial charge on any atom is 0.416 e. The van der Waals surface area contributed by atoms with Crippen LogP contribution in [0.25, 0.3) is 0 Å². The maximum absolute atomic E-state index is 12.8. The minimum absolute atomic E-state index is 0. The Labute approximate surface area is 129 Å². The first-order chi connectivity index (χ1) is 9.79. The first-order valence-electron chi connectivity index (χ1n) is 6.16. The topological polar surface area (TPSA) is 75.5 Å². The number of hydrogen-bond donors (Lipinski definition) is 1. The number of non-ortho nitro benzene ring substituents is 1. The first-order valence-corrected chi connectivity index (χ1v) is 6.16. The molecule has 122 valence electrons. The van der Waals surface area contributed by atoms with Gasteiger partial charge in [-0.25, -0.2) is 0 Å². The van der Waals surface area contributed by atoms with Gasteiger partial charge in [-0.1, -0.05) is 0 Å². The van der Waals surface area contributed by atoms with Crippen molar-refractivity contribution in [2.75, 3.05) is 26.2 Å². The van der Waals surface area contributed by atoms with Gasteiger partial charge in [-0.2, -0.15) is 13.2 Å². The number of nitro groups is 1. The average Bonchev–Trinajstić information content (AvgIpc) is 2.46. The van der Waals surface area contributed by atoms with Crippen molar-refractivity contribution in [3.8, 4) is 0 Å². The third-order valence-corrected chi connectivity index (χ3v) is 3.11. The van der Waals surface area contributed by atoms with Crippen LogP contribution in [0.1, 0.15) is 15.9 Å². The van der Waals surface area contributed by atoms with E-state index in [0.717, 1.165) is 6.07 Å². The Kier molecular flexibility index (Phi) is 5.72. The van der Waals surface area contributed by atoms with Gasteiger partial charge in [0.05, 0.1) is 10.5 Å². The van der Waals surface area contributed by atoms with Crippen molar-refractivity contribution in [3.63, 3.8) is 0 Å². The van der Waals surface area contributed by atoms with Gasteiger partial charge in [-0.05, 0) is 6.07 Å². The van der Waals surface area contributed by atoms with Crippen molar-refractivity contribution in [2.24, 2.45) is 0 Å². The van der Waals surface area contributed by atoms with Gasteiger partial charge < -0.3 is 10.2 Å². The van der Waals surface area contributed by atoms with Gasteiger partial charge in [-0.3, -0.25) is 14.9 Å². The highest BCUT2D eigenvalue weighted by Gasteiger charge is 2.34. The first kappa shape index (κ1) is 18.2. The van der Waals surface area contributed by atoms with E-state index < -0.39 is 28.3 Å². The molecule has 0 spiro atoms. The van der Waals surface area contributed by atoms with Crippen molar-refractivity contribution in [1.82, 2.24) is 10.2 Å². The van der Waals surface area contributed by atoms with Crippen molar-refractivity contribution >= 4 is 24.0 Å². The molecule has 1 fully saturated rings. The van der Waals surface area contributed by atoms with Crippen LogP contribution in [-0.2, 0) is 6.18 Å². The van der Waals surface area contributed by atoms with Gasteiger partial charge in [0.15, 0.2) is 0 Å².